The molecule has 4 rings (SSSR count). The van der Waals surface area contributed by atoms with Crippen LogP contribution in [0, 0.1) is 11.7 Å². The molecule has 0 spiro atoms. The van der Waals surface area contributed by atoms with E-state index in [9.17, 15) is 14.0 Å². The molecule has 1 aromatic carbocycles. The third-order valence-electron chi connectivity index (χ3n) is 5.78. The van der Waals surface area contributed by atoms with Gasteiger partial charge in [0.1, 0.15) is 22.4 Å². The standard InChI is InChI=1S/C17H22ClFN5O2/c1-9(20)10-4-5-22(8-10)24(12-2-3-12)15-13(6-11(19)7-14(15)18)16(25)23(21)17(24)26/h6-7,9-10,12H,2-5,8,20-21H2,1H3/q+1/t9-,10+,24?/m1/s1. The Kier molecular flexibility index (Phi) is 4.09. The molecule has 3 atom stereocenters. The van der Waals surface area contributed by atoms with Gasteiger partial charge in [0.05, 0.1) is 6.54 Å². The van der Waals surface area contributed by atoms with Crippen LogP contribution >= 0.6 is 11.6 Å². The van der Waals surface area contributed by atoms with Crippen LogP contribution in [0.2, 0.25) is 5.02 Å². The van der Waals surface area contributed by atoms with Crippen molar-refractivity contribution >= 4 is 29.2 Å². The monoisotopic (exact) mass is 382 g/mol. The molecule has 140 valence electrons. The van der Waals surface area contributed by atoms with Gasteiger partial charge in [-0.05, 0) is 31.4 Å². The van der Waals surface area contributed by atoms with Crippen molar-refractivity contribution in [3.05, 3.63) is 28.5 Å². The highest BCUT2D eigenvalue weighted by Gasteiger charge is 2.65. The second-order valence-corrected chi connectivity index (χ2v) is 7.89. The number of amides is 3. The molecular formula is C17H22ClFN5O2+. The summed E-state index contributed by atoms with van der Waals surface area (Å²) in [6, 6.07) is 1.66. The van der Waals surface area contributed by atoms with Gasteiger partial charge in [-0.25, -0.2) is 15.0 Å². The van der Waals surface area contributed by atoms with E-state index < -0.39 is 17.8 Å². The van der Waals surface area contributed by atoms with E-state index in [-0.39, 0.29) is 33.2 Å². The number of carbonyl (C=O) groups excluding carboxylic acids is 2. The van der Waals surface area contributed by atoms with Gasteiger partial charge in [-0.3, -0.25) is 4.79 Å². The smallest absolute Gasteiger partial charge is 0.328 e. The molecule has 0 aromatic heterocycles. The van der Waals surface area contributed by atoms with Crippen LogP contribution in [0.25, 0.3) is 0 Å². The number of fused-ring (bicyclic) bond motifs is 1. The van der Waals surface area contributed by atoms with E-state index in [1.165, 1.54) is 0 Å². The Hall–Kier alpha value is -1.58. The fourth-order valence-electron chi connectivity index (χ4n) is 4.32. The molecule has 1 saturated carbocycles. The van der Waals surface area contributed by atoms with Gasteiger partial charge in [0, 0.05) is 25.4 Å². The van der Waals surface area contributed by atoms with Crippen LogP contribution in [0.3, 0.4) is 0 Å². The van der Waals surface area contributed by atoms with Gasteiger partial charge in [-0.2, -0.15) is 5.01 Å². The van der Waals surface area contributed by atoms with Crippen LogP contribution in [0.15, 0.2) is 12.1 Å². The Balaban J connectivity index is 1.93. The lowest BCUT2D eigenvalue weighted by Gasteiger charge is -2.45. The van der Waals surface area contributed by atoms with Gasteiger partial charge in [-0.1, -0.05) is 11.6 Å². The van der Waals surface area contributed by atoms with Gasteiger partial charge in [0.15, 0.2) is 5.69 Å². The number of imide groups is 1. The van der Waals surface area contributed by atoms with Crippen molar-refractivity contribution in [2.45, 2.75) is 38.3 Å². The van der Waals surface area contributed by atoms with Gasteiger partial charge < -0.3 is 5.73 Å². The molecule has 1 aliphatic carbocycles. The Labute approximate surface area is 155 Å². The summed E-state index contributed by atoms with van der Waals surface area (Å²) in [4.78, 5) is 25.9. The summed E-state index contributed by atoms with van der Waals surface area (Å²) in [5, 5.41) is 2.68. The van der Waals surface area contributed by atoms with Gasteiger partial charge in [0.2, 0.25) is 0 Å². The quantitative estimate of drug-likeness (QED) is 0.473. The third-order valence-corrected chi connectivity index (χ3v) is 6.07. The molecule has 1 aromatic rings. The summed E-state index contributed by atoms with van der Waals surface area (Å²) in [5.74, 6) is 4.70. The predicted molar refractivity (Wildman–Crippen MR) is 95.3 cm³/mol. The number of hydrazine groups is 1. The number of hydrogen-bond acceptors (Lipinski definition) is 5. The van der Waals surface area contributed by atoms with Gasteiger partial charge >= 0.3 is 6.03 Å². The van der Waals surface area contributed by atoms with E-state index >= 15 is 0 Å². The normalized spacial score (nSPS) is 30.7. The maximum Gasteiger partial charge on any atom is 0.465 e. The van der Waals surface area contributed by atoms with Crippen LogP contribution in [-0.4, -0.2) is 47.1 Å². The first-order valence-corrected chi connectivity index (χ1v) is 9.19. The van der Waals surface area contributed by atoms with Gasteiger partial charge in [-0.15, -0.1) is 9.60 Å². The Bertz CT molecular complexity index is 800. The molecule has 7 nitrogen and oxygen atoms in total. The maximum atomic E-state index is 13.9. The lowest BCUT2D eigenvalue weighted by atomic mass is 10.0. The van der Waals surface area contributed by atoms with E-state index in [1.54, 1.807) is 0 Å². The molecule has 2 fully saturated rings. The van der Waals surface area contributed by atoms with Crippen LogP contribution in [0.4, 0.5) is 14.9 Å². The number of halogens is 2. The topological polar surface area (TPSA) is 92.7 Å². The summed E-state index contributed by atoms with van der Waals surface area (Å²) in [6.45, 7) is 3.17. The first-order chi connectivity index (χ1) is 12.3. The number of nitrogens with two attached hydrogens (primary N) is 2. The lowest BCUT2D eigenvalue weighted by Crippen LogP contribution is -2.74. The van der Waals surface area contributed by atoms with Crippen molar-refractivity contribution in [3.63, 3.8) is 0 Å². The maximum absolute atomic E-state index is 13.9. The number of hydrogen-bond donors (Lipinski definition) is 2. The summed E-state index contributed by atoms with van der Waals surface area (Å²) in [6.07, 6.45) is 2.45. The molecule has 9 heteroatoms. The van der Waals surface area contributed by atoms with Crippen molar-refractivity contribution < 1.29 is 14.0 Å². The van der Waals surface area contributed by atoms with Crippen molar-refractivity contribution in [1.82, 2.24) is 14.6 Å². The molecule has 3 amide bonds. The number of urea groups is 1. The molecular weight excluding hydrogens is 361 g/mol. The first kappa shape index (κ1) is 17.8. The van der Waals surface area contributed by atoms with E-state index in [1.807, 2.05) is 11.9 Å². The fraction of sp³-hybridized carbons (Fsp3) is 0.529. The van der Waals surface area contributed by atoms with Crippen molar-refractivity contribution in [2.24, 2.45) is 17.5 Å². The third kappa shape index (κ3) is 2.33. The Morgan fingerprint density at radius 1 is 1.31 bits per heavy atom. The first-order valence-electron chi connectivity index (χ1n) is 8.81. The molecule has 2 aliphatic heterocycles. The summed E-state index contributed by atoms with van der Waals surface area (Å²) >= 11 is 6.39. The van der Waals surface area contributed by atoms with Gasteiger partial charge in [0.25, 0.3) is 5.91 Å². The summed E-state index contributed by atoms with van der Waals surface area (Å²) in [7, 11) is 0. The largest absolute Gasteiger partial charge is 0.465 e. The number of rotatable bonds is 3. The molecule has 0 radical (unpaired) electrons. The Morgan fingerprint density at radius 2 is 2.00 bits per heavy atom. The van der Waals surface area contributed by atoms with E-state index in [0.717, 1.165) is 31.4 Å². The Morgan fingerprint density at radius 3 is 2.58 bits per heavy atom. The average Bonchev–Trinajstić information content (AvgIpc) is 3.30. The predicted octanol–water partition coefficient (Wildman–Crippen LogP) is 1.98. The molecule has 4 N–H and O–H groups in total. The minimum absolute atomic E-state index is 0.0158. The molecule has 1 unspecified atom stereocenters. The van der Waals surface area contributed by atoms with Crippen LogP contribution in [-0.2, 0) is 0 Å². The zero-order valence-corrected chi connectivity index (χ0v) is 15.2. The molecule has 26 heavy (non-hydrogen) atoms. The van der Waals surface area contributed by atoms with Crippen molar-refractivity contribution in [3.8, 4) is 0 Å². The molecule has 0 bridgehead atoms. The highest BCUT2D eigenvalue weighted by molar-refractivity contribution is 6.35. The SMILES string of the molecule is C[C@@H](N)[C@H]1CCN([N+]2(C3CC3)C(=O)N(N)C(=O)c3cc(F)cc(Cl)c32)C1. The van der Waals surface area contributed by atoms with E-state index in [0.29, 0.717) is 23.8 Å². The zero-order chi connectivity index (χ0) is 18.8. The summed E-state index contributed by atoms with van der Waals surface area (Å²) < 4.78 is 13.7. The highest BCUT2D eigenvalue weighted by atomic mass is 35.5. The number of benzene rings is 1. The fourth-order valence-corrected chi connectivity index (χ4v) is 4.65. The van der Waals surface area contributed by atoms with E-state index in [4.69, 9.17) is 23.2 Å². The number of quaternary nitrogens is 1. The molecule has 1 saturated heterocycles. The van der Waals surface area contributed by atoms with Crippen LogP contribution in [0.1, 0.15) is 36.5 Å². The molecule has 3 aliphatic rings. The minimum Gasteiger partial charge on any atom is -0.328 e. The van der Waals surface area contributed by atoms with E-state index in [2.05, 4.69) is 0 Å². The van der Waals surface area contributed by atoms with Crippen LogP contribution < -0.4 is 16.2 Å². The zero-order valence-electron chi connectivity index (χ0n) is 14.5. The summed E-state index contributed by atoms with van der Waals surface area (Å²) in [5.41, 5.74) is 6.46. The second kappa shape index (κ2) is 5.97. The lowest BCUT2D eigenvalue weighted by molar-refractivity contribution is 0.00612. The average molecular weight is 383 g/mol. The molecule has 2 heterocycles. The number of nitrogens with zero attached hydrogens (tertiary/aromatic N) is 3. The van der Waals surface area contributed by atoms with Crippen molar-refractivity contribution in [2.75, 3.05) is 13.1 Å². The van der Waals surface area contributed by atoms with Crippen LogP contribution in [0.5, 0.6) is 0 Å². The number of carbonyl (C=O) groups is 2. The minimum atomic E-state index is -0.733. The highest BCUT2D eigenvalue weighted by Crippen LogP contribution is 2.50. The van der Waals surface area contributed by atoms with Crippen molar-refractivity contribution in [1.29, 1.82) is 0 Å². The second-order valence-electron chi connectivity index (χ2n) is 7.48.